The molecule has 6 nitrogen and oxygen atoms in total. The predicted octanol–water partition coefficient (Wildman–Crippen LogP) is 5.66. The van der Waals surface area contributed by atoms with Crippen molar-refractivity contribution in [2.24, 2.45) is 0 Å². The SMILES string of the molecule is Cc1c([C@@H](C)Nc2ccnc3ccc(N4CCn5c(C)nnc5C4)cc23)cccc1C(F)(F)F. The Labute approximate surface area is 195 Å². The maximum absolute atomic E-state index is 13.4. The first kappa shape index (κ1) is 22.2. The molecular formula is C25H25F3N6. The van der Waals surface area contributed by atoms with E-state index in [1.807, 2.05) is 32.0 Å². The number of anilines is 2. The molecule has 0 amide bonds. The van der Waals surface area contributed by atoms with Gasteiger partial charge in [-0.2, -0.15) is 13.2 Å². The van der Waals surface area contributed by atoms with E-state index < -0.39 is 11.7 Å². The standard InChI is InChI=1S/C25H25F3N6/c1-15-19(5-4-6-21(15)25(26,27)28)16(2)30-23-9-10-29-22-8-7-18(13-20(22)23)33-11-12-34-17(3)31-32-24(34)14-33/h4-10,13,16H,11-12,14H2,1-3H3,(H,29,30)/t16-/m1/s1. The Kier molecular flexibility index (Phi) is 5.42. The summed E-state index contributed by atoms with van der Waals surface area (Å²) in [5, 5.41) is 12.8. The lowest BCUT2D eigenvalue weighted by Gasteiger charge is -2.30. The molecule has 176 valence electrons. The maximum atomic E-state index is 13.4. The van der Waals surface area contributed by atoms with Gasteiger partial charge in [-0.3, -0.25) is 4.98 Å². The predicted molar refractivity (Wildman–Crippen MR) is 126 cm³/mol. The van der Waals surface area contributed by atoms with Crippen molar-refractivity contribution in [3.05, 3.63) is 77.0 Å². The Morgan fingerprint density at radius 1 is 1.03 bits per heavy atom. The lowest BCUT2D eigenvalue weighted by atomic mass is 9.97. The molecule has 2 aromatic heterocycles. The number of benzene rings is 2. The number of hydrogen-bond donors (Lipinski definition) is 1. The van der Waals surface area contributed by atoms with Crippen LogP contribution in [0.1, 0.15) is 41.3 Å². The monoisotopic (exact) mass is 466 g/mol. The molecule has 1 aliphatic heterocycles. The van der Waals surface area contributed by atoms with Crippen LogP contribution >= 0.6 is 0 Å². The lowest BCUT2D eigenvalue weighted by Crippen LogP contribution is -2.34. The quantitative estimate of drug-likeness (QED) is 0.421. The van der Waals surface area contributed by atoms with Gasteiger partial charge in [0.15, 0.2) is 5.82 Å². The van der Waals surface area contributed by atoms with Gasteiger partial charge in [-0.05, 0) is 62.2 Å². The fourth-order valence-electron chi connectivity index (χ4n) is 4.72. The number of aromatic nitrogens is 4. The Hall–Kier alpha value is -3.62. The van der Waals surface area contributed by atoms with E-state index in [1.165, 1.54) is 13.0 Å². The van der Waals surface area contributed by atoms with E-state index in [0.717, 1.165) is 53.1 Å². The first-order valence-electron chi connectivity index (χ1n) is 11.2. The Morgan fingerprint density at radius 2 is 1.85 bits per heavy atom. The molecule has 9 heteroatoms. The molecule has 1 aliphatic rings. The first-order chi connectivity index (χ1) is 16.2. The van der Waals surface area contributed by atoms with Gasteiger partial charge in [0, 0.05) is 42.1 Å². The van der Waals surface area contributed by atoms with Crippen molar-refractivity contribution in [3.8, 4) is 0 Å². The summed E-state index contributed by atoms with van der Waals surface area (Å²) in [6.45, 7) is 7.67. The smallest absolute Gasteiger partial charge is 0.378 e. The second kappa shape index (κ2) is 8.30. The van der Waals surface area contributed by atoms with Gasteiger partial charge in [-0.25, -0.2) is 0 Å². The number of alkyl halides is 3. The molecule has 0 aliphatic carbocycles. The highest BCUT2D eigenvalue weighted by Crippen LogP contribution is 2.36. The maximum Gasteiger partial charge on any atom is 0.416 e. The van der Waals surface area contributed by atoms with Crippen molar-refractivity contribution in [1.29, 1.82) is 0 Å². The minimum Gasteiger partial charge on any atom is -0.378 e. The van der Waals surface area contributed by atoms with Crippen LogP contribution in [0.5, 0.6) is 0 Å². The molecule has 0 radical (unpaired) electrons. The minimum atomic E-state index is -4.38. The largest absolute Gasteiger partial charge is 0.416 e. The van der Waals surface area contributed by atoms with Crippen LogP contribution in [0.3, 0.4) is 0 Å². The third kappa shape index (κ3) is 3.95. The molecule has 5 rings (SSSR count). The highest BCUT2D eigenvalue weighted by molar-refractivity contribution is 5.93. The molecule has 34 heavy (non-hydrogen) atoms. The zero-order valence-corrected chi connectivity index (χ0v) is 19.2. The summed E-state index contributed by atoms with van der Waals surface area (Å²) >= 11 is 0. The molecule has 1 N–H and O–H groups in total. The van der Waals surface area contributed by atoms with E-state index in [-0.39, 0.29) is 11.6 Å². The van der Waals surface area contributed by atoms with Crippen molar-refractivity contribution in [1.82, 2.24) is 19.7 Å². The highest BCUT2D eigenvalue weighted by atomic mass is 19.4. The second-order valence-corrected chi connectivity index (χ2v) is 8.68. The van der Waals surface area contributed by atoms with Crippen LogP contribution in [0, 0.1) is 13.8 Å². The van der Waals surface area contributed by atoms with Crippen molar-refractivity contribution in [3.63, 3.8) is 0 Å². The Morgan fingerprint density at radius 3 is 2.65 bits per heavy atom. The molecule has 0 unspecified atom stereocenters. The van der Waals surface area contributed by atoms with Gasteiger partial charge in [0.2, 0.25) is 0 Å². The van der Waals surface area contributed by atoms with Gasteiger partial charge in [0.05, 0.1) is 17.6 Å². The number of nitrogens with zero attached hydrogens (tertiary/aromatic N) is 5. The average molecular weight is 467 g/mol. The second-order valence-electron chi connectivity index (χ2n) is 8.68. The van der Waals surface area contributed by atoms with Gasteiger partial charge in [0.25, 0.3) is 0 Å². The van der Waals surface area contributed by atoms with Crippen LogP contribution in [0.25, 0.3) is 10.9 Å². The van der Waals surface area contributed by atoms with Crippen LogP contribution in [-0.4, -0.2) is 26.3 Å². The topological polar surface area (TPSA) is 58.9 Å². The van der Waals surface area contributed by atoms with Gasteiger partial charge >= 0.3 is 6.18 Å². The van der Waals surface area contributed by atoms with E-state index >= 15 is 0 Å². The zero-order chi connectivity index (χ0) is 24.0. The van der Waals surface area contributed by atoms with Crippen LogP contribution in [0.15, 0.2) is 48.7 Å². The summed E-state index contributed by atoms with van der Waals surface area (Å²) < 4.78 is 42.3. The molecule has 0 fully saturated rings. The van der Waals surface area contributed by atoms with E-state index in [2.05, 4.69) is 36.0 Å². The van der Waals surface area contributed by atoms with Crippen molar-refractivity contribution >= 4 is 22.3 Å². The number of rotatable bonds is 4. The van der Waals surface area contributed by atoms with Crippen LogP contribution in [0.4, 0.5) is 24.5 Å². The third-order valence-electron chi connectivity index (χ3n) is 6.55. The molecule has 4 aromatic rings. The zero-order valence-electron chi connectivity index (χ0n) is 19.2. The van der Waals surface area contributed by atoms with Gasteiger partial charge in [0.1, 0.15) is 5.82 Å². The van der Waals surface area contributed by atoms with Crippen molar-refractivity contribution < 1.29 is 13.2 Å². The fourth-order valence-corrected chi connectivity index (χ4v) is 4.72. The molecule has 0 saturated heterocycles. The minimum absolute atomic E-state index is 0.238. The molecule has 2 aromatic carbocycles. The van der Waals surface area contributed by atoms with E-state index in [1.54, 1.807) is 12.3 Å². The highest BCUT2D eigenvalue weighted by Gasteiger charge is 2.33. The number of aryl methyl sites for hydroxylation is 1. The summed E-state index contributed by atoms with van der Waals surface area (Å²) in [5.41, 5.74) is 2.93. The van der Waals surface area contributed by atoms with Crippen LogP contribution < -0.4 is 10.2 Å². The third-order valence-corrected chi connectivity index (χ3v) is 6.55. The summed E-state index contributed by atoms with van der Waals surface area (Å²) in [6, 6.07) is 12.0. The van der Waals surface area contributed by atoms with E-state index in [9.17, 15) is 13.2 Å². The molecule has 0 spiro atoms. The van der Waals surface area contributed by atoms with Crippen LogP contribution in [0.2, 0.25) is 0 Å². The van der Waals surface area contributed by atoms with Gasteiger partial charge < -0.3 is 14.8 Å². The summed E-state index contributed by atoms with van der Waals surface area (Å²) in [7, 11) is 0. The molecular weight excluding hydrogens is 441 g/mol. The summed E-state index contributed by atoms with van der Waals surface area (Å²) in [5.74, 6) is 1.85. The number of pyridine rings is 1. The molecule has 1 atom stereocenters. The normalized spacial score (nSPS) is 14.8. The number of hydrogen-bond acceptors (Lipinski definition) is 5. The van der Waals surface area contributed by atoms with Gasteiger partial charge in [-0.15, -0.1) is 10.2 Å². The summed E-state index contributed by atoms with van der Waals surface area (Å²) in [6.07, 6.45) is -2.67. The fraction of sp³-hybridized carbons (Fsp3) is 0.320. The van der Waals surface area contributed by atoms with Gasteiger partial charge in [-0.1, -0.05) is 12.1 Å². The Balaban J connectivity index is 1.46. The average Bonchev–Trinajstić information content (AvgIpc) is 3.18. The Bertz CT molecular complexity index is 1360. The van der Waals surface area contributed by atoms with Crippen molar-refractivity contribution in [2.75, 3.05) is 16.8 Å². The molecule has 0 saturated carbocycles. The number of nitrogens with one attached hydrogen (secondary N) is 1. The van der Waals surface area contributed by atoms with E-state index in [0.29, 0.717) is 12.1 Å². The van der Waals surface area contributed by atoms with E-state index in [4.69, 9.17) is 0 Å². The lowest BCUT2D eigenvalue weighted by molar-refractivity contribution is -0.138. The first-order valence-corrected chi connectivity index (χ1v) is 11.2. The molecule has 0 bridgehead atoms. The van der Waals surface area contributed by atoms with Crippen LogP contribution in [-0.2, 0) is 19.3 Å². The van der Waals surface area contributed by atoms with Crippen molar-refractivity contribution in [2.45, 2.75) is 46.1 Å². The number of halogens is 3. The molecule has 3 heterocycles. The number of fused-ring (bicyclic) bond motifs is 2. The summed E-state index contributed by atoms with van der Waals surface area (Å²) in [4.78, 5) is 6.73.